The van der Waals surface area contributed by atoms with Gasteiger partial charge in [-0.3, -0.25) is 14.9 Å². The van der Waals surface area contributed by atoms with Gasteiger partial charge < -0.3 is 9.84 Å². The third-order valence-corrected chi connectivity index (χ3v) is 2.70. The highest BCUT2D eigenvalue weighted by atomic mass is 16.5. The first kappa shape index (κ1) is 15.0. The molecule has 0 radical (unpaired) electrons. The van der Waals surface area contributed by atoms with Gasteiger partial charge in [0.05, 0.1) is 7.11 Å². The van der Waals surface area contributed by atoms with E-state index >= 15 is 0 Å². The minimum Gasteiger partial charge on any atom is -0.504 e. The molecule has 0 aromatic heterocycles. The third kappa shape index (κ3) is 4.62. The molecular formula is C14H19NO4. The Morgan fingerprint density at radius 1 is 1.32 bits per heavy atom. The number of carbonyl (C=O) groups excluding carboxylic acids is 2. The molecule has 0 aliphatic carbocycles. The van der Waals surface area contributed by atoms with E-state index in [-0.39, 0.29) is 23.0 Å². The minimum atomic E-state index is -0.486. The SMILES string of the molecule is CCCCCC(=O)NC(=O)c1ccc(O)c(OC)c1. The summed E-state index contributed by atoms with van der Waals surface area (Å²) in [5, 5.41) is 11.7. The van der Waals surface area contributed by atoms with Gasteiger partial charge in [-0.1, -0.05) is 19.8 Å². The summed E-state index contributed by atoms with van der Waals surface area (Å²) in [6.45, 7) is 2.05. The minimum absolute atomic E-state index is 0.0478. The van der Waals surface area contributed by atoms with Crippen LogP contribution in [-0.4, -0.2) is 24.0 Å². The summed E-state index contributed by atoms with van der Waals surface area (Å²) in [6.07, 6.45) is 3.11. The molecule has 1 aromatic carbocycles. The van der Waals surface area contributed by atoms with Crippen LogP contribution in [0.15, 0.2) is 18.2 Å². The number of nitrogens with one attached hydrogen (secondary N) is 1. The lowest BCUT2D eigenvalue weighted by atomic mass is 10.1. The molecule has 0 saturated carbocycles. The molecule has 5 heteroatoms. The number of aromatic hydroxyl groups is 1. The summed E-state index contributed by atoms with van der Waals surface area (Å²) in [6, 6.07) is 4.19. The summed E-state index contributed by atoms with van der Waals surface area (Å²) in [5.74, 6) is -0.621. The molecule has 0 unspecified atom stereocenters. The van der Waals surface area contributed by atoms with Gasteiger partial charge in [0.2, 0.25) is 5.91 Å². The predicted octanol–water partition coefficient (Wildman–Crippen LogP) is 2.24. The van der Waals surface area contributed by atoms with Gasteiger partial charge in [-0.05, 0) is 24.6 Å². The second kappa shape index (κ2) is 7.41. The molecule has 104 valence electrons. The van der Waals surface area contributed by atoms with Crippen molar-refractivity contribution in [3.63, 3.8) is 0 Å². The number of phenols is 1. The fourth-order valence-corrected chi connectivity index (χ4v) is 1.62. The number of rotatable bonds is 6. The van der Waals surface area contributed by atoms with E-state index in [1.54, 1.807) is 0 Å². The zero-order valence-electron chi connectivity index (χ0n) is 11.2. The number of methoxy groups -OCH3 is 1. The van der Waals surface area contributed by atoms with Gasteiger partial charge >= 0.3 is 0 Å². The van der Waals surface area contributed by atoms with Crippen molar-refractivity contribution in [2.24, 2.45) is 0 Å². The highest BCUT2D eigenvalue weighted by Crippen LogP contribution is 2.26. The van der Waals surface area contributed by atoms with Crippen LogP contribution < -0.4 is 10.1 Å². The van der Waals surface area contributed by atoms with E-state index in [0.29, 0.717) is 6.42 Å². The van der Waals surface area contributed by atoms with Crippen LogP contribution in [0, 0.1) is 0 Å². The fraction of sp³-hybridized carbons (Fsp3) is 0.429. The zero-order valence-corrected chi connectivity index (χ0v) is 11.2. The molecule has 0 aliphatic rings. The van der Waals surface area contributed by atoms with Gasteiger partial charge in [-0.15, -0.1) is 0 Å². The third-order valence-electron chi connectivity index (χ3n) is 2.70. The van der Waals surface area contributed by atoms with Crippen molar-refractivity contribution in [2.75, 3.05) is 7.11 Å². The lowest BCUT2D eigenvalue weighted by Gasteiger charge is -2.07. The Bertz CT molecular complexity index is 457. The summed E-state index contributed by atoms with van der Waals surface area (Å²) in [5.41, 5.74) is 0.276. The number of benzene rings is 1. The molecule has 5 nitrogen and oxygen atoms in total. The van der Waals surface area contributed by atoms with Crippen LogP contribution in [-0.2, 0) is 4.79 Å². The maximum absolute atomic E-state index is 11.8. The van der Waals surface area contributed by atoms with Crippen molar-refractivity contribution in [2.45, 2.75) is 32.6 Å². The maximum atomic E-state index is 11.8. The Balaban J connectivity index is 2.60. The molecule has 2 N–H and O–H groups in total. The standard InChI is InChI=1S/C14H19NO4/c1-3-4-5-6-13(17)15-14(18)10-7-8-11(16)12(9-10)19-2/h7-9,16H,3-6H2,1-2H3,(H,15,17,18). The van der Waals surface area contributed by atoms with Gasteiger partial charge in [0.1, 0.15) is 0 Å². The van der Waals surface area contributed by atoms with E-state index in [0.717, 1.165) is 19.3 Å². The summed E-state index contributed by atoms with van der Waals surface area (Å²) in [7, 11) is 1.40. The molecule has 19 heavy (non-hydrogen) atoms. The van der Waals surface area contributed by atoms with E-state index in [2.05, 4.69) is 5.32 Å². The van der Waals surface area contributed by atoms with Crippen LogP contribution in [0.5, 0.6) is 11.5 Å². The summed E-state index contributed by atoms with van der Waals surface area (Å²) in [4.78, 5) is 23.3. The number of hydrogen-bond donors (Lipinski definition) is 2. The Morgan fingerprint density at radius 2 is 2.05 bits per heavy atom. The Morgan fingerprint density at radius 3 is 2.68 bits per heavy atom. The topological polar surface area (TPSA) is 75.6 Å². The largest absolute Gasteiger partial charge is 0.504 e. The van der Waals surface area contributed by atoms with Gasteiger partial charge in [-0.25, -0.2) is 0 Å². The van der Waals surface area contributed by atoms with Crippen LogP contribution in [0.3, 0.4) is 0 Å². The van der Waals surface area contributed by atoms with Crippen LogP contribution in [0.2, 0.25) is 0 Å². The van der Waals surface area contributed by atoms with E-state index in [4.69, 9.17) is 4.74 Å². The average Bonchev–Trinajstić information content (AvgIpc) is 2.39. The van der Waals surface area contributed by atoms with Crippen LogP contribution in [0.4, 0.5) is 0 Å². The summed E-state index contributed by atoms with van der Waals surface area (Å²) < 4.78 is 4.91. The number of amides is 2. The highest BCUT2D eigenvalue weighted by Gasteiger charge is 2.12. The molecule has 0 fully saturated rings. The number of ether oxygens (including phenoxy) is 1. The number of hydrogen-bond acceptors (Lipinski definition) is 4. The van der Waals surface area contributed by atoms with Crippen molar-refractivity contribution < 1.29 is 19.4 Å². The van der Waals surface area contributed by atoms with Crippen molar-refractivity contribution >= 4 is 11.8 Å². The zero-order chi connectivity index (χ0) is 14.3. The lowest BCUT2D eigenvalue weighted by molar-refractivity contribution is -0.120. The average molecular weight is 265 g/mol. The van der Waals surface area contributed by atoms with Crippen molar-refractivity contribution in [3.8, 4) is 11.5 Å². The molecule has 2 amide bonds. The maximum Gasteiger partial charge on any atom is 0.257 e. The highest BCUT2D eigenvalue weighted by molar-refractivity contribution is 6.04. The molecule has 1 aromatic rings. The predicted molar refractivity (Wildman–Crippen MR) is 71.3 cm³/mol. The normalized spacial score (nSPS) is 10.0. The van der Waals surface area contributed by atoms with Crippen LogP contribution in [0.25, 0.3) is 0 Å². The molecule has 1 rings (SSSR count). The van der Waals surface area contributed by atoms with Crippen molar-refractivity contribution in [3.05, 3.63) is 23.8 Å². The van der Waals surface area contributed by atoms with E-state index in [1.807, 2.05) is 6.92 Å². The van der Waals surface area contributed by atoms with Gasteiger partial charge in [0.15, 0.2) is 11.5 Å². The molecule has 0 heterocycles. The molecule has 0 bridgehead atoms. The van der Waals surface area contributed by atoms with Gasteiger partial charge in [0, 0.05) is 12.0 Å². The second-order valence-electron chi connectivity index (χ2n) is 4.22. The molecule has 0 saturated heterocycles. The van der Waals surface area contributed by atoms with E-state index in [1.165, 1.54) is 25.3 Å². The van der Waals surface area contributed by atoms with E-state index < -0.39 is 5.91 Å². The molecule has 0 aliphatic heterocycles. The molecule has 0 spiro atoms. The molecular weight excluding hydrogens is 246 g/mol. The Kier molecular flexibility index (Phi) is 5.85. The number of carbonyl (C=O) groups is 2. The van der Waals surface area contributed by atoms with Crippen molar-refractivity contribution in [1.29, 1.82) is 0 Å². The van der Waals surface area contributed by atoms with E-state index in [9.17, 15) is 14.7 Å². The van der Waals surface area contributed by atoms with Gasteiger partial charge in [-0.2, -0.15) is 0 Å². The first-order valence-electron chi connectivity index (χ1n) is 6.29. The number of imide groups is 1. The Hall–Kier alpha value is -2.04. The fourth-order valence-electron chi connectivity index (χ4n) is 1.62. The summed E-state index contributed by atoms with van der Waals surface area (Å²) >= 11 is 0. The monoisotopic (exact) mass is 265 g/mol. The number of unbranched alkanes of at least 4 members (excludes halogenated alkanes) is 2. The lowest BCUT2D eigenvalue weighted by Crippen LogP contribution is -2.30. The first-order chi connectivity index (χ1) is 9.08. The first-order valence-corrected chi connectivity index (χ1v) is 6.29. The van der Waals surface area contributed by atoms with Crippen molar-refractivity contribution in [1.82, 2.24) is 5.32 Å². The van der Waals surface area contributed by atoms with Crippen LogP contribution >= 0.6 is 0 Å². The second-order valence-corrected chi connectivity index (χ2v) is 4.22. The smallest absolute Gasteiger partial charge is 0.257 e. The quantitative estimate of drug-likeness (QED) is 0.773. The molecule has 0 atom stereocenters. The Labute approximate surface area is 112 Å². The number of phenolic OH excluding ortho intramolecular Hbond substituents is 1. The van der Waals surface area contributed by atoms with Gasteiger partial charge in [0.25, 0.3) is 5.91 Å². The van der Waals surface area contributed by atoms with Crippen LogP contribution in [0.1, 0.15) is 43.0 Å².